The minimum Gasteiger partial charge on any atom is -0.317 e. The second kappa shape index (κ2) is 5.72. The van der Waals surface area contributed by atoms with Crippen LogP contribution in [0.4, 0.5) is 0 Å². The molecule has 1 N–H and O–H groups in total. The summed E-state index contributed by atoms with van der Waals surface area (Å²) in [6.45, 7) is 10.8. The van der Waals surface area contributed by atoms with Crippen LogP contribution < -0.4 is 5.32 Å². The third-order valence-electron chi connectivity index (χ3n) is 3.38. The normalized spacial score (nSPS) is 29.8. The number of hydrogen-bond donors (Lipinski definition) is 1. The monoisotopic (exact) mass is 198 g/mol. The van der Waals surface area contributed by atoms with Crippen LogP contribution in [0.5, 0.6) is 0 Å². The predicted octanol–water partition coefficient (Wildman–Crippen LogP) is 1.96. The van der Waals surface area contributed by atoms with Crippen LogP contribution >= 0.6 is 0 Å². The van der Waals surface area contributed by atoms with Crippen molar-refractivity contribution in [3.05, 3.63) is 0 Å². The lowest BCUT2D eigenvalue weighted by Crippen LogP contribution is -2.47. The van der Waals surface area contributed by atoms with E-state index in [-0.39, 0.29) is 0 Å². The van der Waals surface area contributed by atoms with Gasteiger partial charge in [0.1, 0.15) is 0 Å². The van der Waals surface area contributed by atoms with Crippen molar-refractivity contribution in [2.24, 2.45) is 11.8 Å². The molecule has 2 unspecified atom stereocenters. The van der Waals surface area contributed by atoms with Gasteiger partial charge in [-0.3, -0.25) is 0 Å². The molecule has 0 radical (unpaired) electrons. The summed E-state index contributed by atoms with van der Waals surface area (Å²) in [7, 11) is 2.09. The number of piperidine rings is 1. The van der Waals surface area contributed by atoms with Crippen molar-refractivity contribution < 1.29 is 0 Å². The predicted molar refractivity (Wildman–Crippen MR) is 62.5 cm³/mol. The Morgan fingerprint density at radius 1 is 1.43 bits per heavy atom. The van der Waals surface area contributed by atoms with E-state index in [0.717, 1.165) is 17.9 Å². The Morgan fingerprint density at radius 2 is 2.14 bits per heavy atom. The van der Waals surface area contributed by atoms with Crippen molar-refractivity contribution in [1.29, 1.82) is 0 Å². The molecule has 0 saturated carbocycles. The molecule has 2 atom stereocenters. The number of nitrogens with zero attached hydrogens (tertiary/aromatic N) is 1. The van der Waals surface area contributed by atoms with Gasteiger partial charge in [-0.25, -0.2) is 0 Å². The van der Waals surface area contributed by atoms with Gasteiger partial charge < -0.3 is 10.2 Å². The van der Waals surface area contributed by atoms with Crippen LogP contribution in [-0.2, 0) is 0 Å². The first-order chi connectivity index (χ1) is 6.63. The van der Waals surface area contributed by atoms with Crippen LogP contribution in [0.25, 0.3) is 0 Å². The van der Waals surface area contributed by atoms with E-state index < -0.39 is 0 Å². The fourth-order valence-electron chi connectivity index (χ4n) is 2.30. The van der Waals surface area contributed by atoms with Crippen LogP contribution in [0.3, 0.4) is 0 Å². The van der Waals surface area contributed by atoms with Gasteiger partial charge >= 0.3 is 0 Å². The van der Waals surface area contributed by atoms with Crippen LogP contribution in [0.2, 0.25) is 0 Å². The third-order valence-corrected chi connectivity index (χ3v) is 3.38. The summed E-state index contributed by atoms with van der Waals surface area (Å²) in [6.07, 6.45) is 2.66. The molecule has 1 aliphatic rings. The Hall–Kier alpha value is -0.0800. The van der Waals surface area contributed by atoms with E-state index in [1.54, 1.807) is 0 Å². The Morgan fingerprint density at radius 3 is 2.64 bits per heavy atom. The minimum absolute atomic E-state index is 0.741. The molecule has 2 nitrogen and oxygen atoms in total. The Balaban J connectivity index is 2.24. The minimum atomic E-state index is 0.741. The highest BCUT2D eigenvalue weighted by atomic mass is 15.1. The van der Waals surface area contributed by atoms with Gasteiger partial charge in [0.05, 0.1) is 0 Å². The largest absolute Gasteiger partial charge is 0.317 e. The fraction of sp³-hybridized carbons (Fsp3) is 1.00. The van der Waals surface area contributed by atoms with Gasteiger partial charge in [0.15, 0.2) is 0 Å². The average Bonchev–Trinajstić information content (AvgIpc) is 2.15. The lowest BCUT2D eigenvalue weighted by molar-refractivity contribution is 0.145. The average molecular weight is 198 g/mol. The standard InChI is InChI=1S/C12H26N2/c1-10(2)5-7-14-8-6-12(13-4)11(3)9-14/h10-13H,5-9H2,1-4H3. The van der Waals surface area contributed by atoms with Gasteiger partial charge in [-0.15, -0.1) is 0 Å². The summed E-state index contributed by atoms with van der Waals surface area (Å²) in [4.78, 5) is 2.62. The summed E-state index contributed by atoms with van der Waals surface area (Å²) in [5.74, 6) is 1.65. The number of likely N-dealkylation sites (tertiary alicyclic amines) is 1. The van der Waals surface area contributed by atoms with Crippen molar-refractivity contribution in [3.63, 3.8) is 0 Å². The summed E-state index contributed by atoms with van der Waals surface area (Å²) in [5, 5.41) is 3.41. The van der Waals surface area contributed by atoms with E-state index in [1.807, 2.05) is 0 Å². The molecule has 84 valence electrons. The highest BCUT2D eigenvalue weighted by molar-refractivity contribution is 4.81. The zero-order valence-corrected chi connectivity index (χ0v) is 10.2. The first kappa shape index (κ1) is 12.0. The molecule has 1 rings (SSSR count). The molecular weight excluding hydrogens is 172 g/mol. The maximum Gasteiger partial charge on any atom is 0.0114 e. The first-order valence-electron chi connectivity index (χ1n) is 6.03. The van der Waals surface area contributed by atoms with Crippen LogP contribution in [0.15, 0.2) is 0 Å². The van der Waals surface area contributed by atoms with Crippen molar-refractivity contribution >= 4 is 0 Å². The van der Waals surface area contributed by atoms with Gasteiger partial charge in [-0.1, -0.05) is 20.8 Å². The molecule has 14 heavy (non-hydrogen) atoms. The Bertz CT molecular complexity index is 156. The molecule has 1 aliphatic heterocycles. The van der Waals surface area contributed by atoms with Crippen LogP contribution in [-0.4, -0.2) is 37.6 Å². The molecule has 1 heterocycles. The molecule has 1 saturated heterocycles. The lowest BCUT2D eigenvalue weighted by atomic mass is 9.93. The molecule has 0 spiro atoms. The van der Waals surface area contributed by atoms with Gasteiger partial charge in [0, 0.05) is 12.6 Å². The van der Waals surface area contributed by atoms with E-state index in [0.29, 0.717) is 0 Å². The molecule has 0 aromatic rings. The lowest BCUT2D eigenvalue weighted by Gasteiger charge is -2.37. The van der Waals surface area contributed by atoms with Crippen LogP contribution in [0.1, 0.15) is 33.6 Å². The molecule has 0 bridgehead atoms. The number of nitrogens with one attached hydrogen (secondary N) is 1. The van der Waals surface area contributed by atoms with Crippen molar-refractivity contribution in [3.8, 4) is 0 Å². The van der Waals surface area contributed by atoms with Gasteiger partial charge in [-0.05, 0) is 44.8 Å². The zero-order chi connectivity index (χ0) is 10.6. The molecule has 2 heteroatoms. The second-order valence-corrected chi connectivity index (χ2v) is 5.14. The molecule has 0 aromatic heterocycles. The van der Waals surface area contributed by atoms with Crippen molar-refractivity contribution in [1.82, 2.24) is 10.2 Å². The maximum atomic E-state index is 3.41. The fourth-order valence-corrected chi connectivity index (χ4v) is 2.30. The molecule has 1 fully saturated rings. The van der Waals surface area contributed by atoms with E-state index in [4.69, 9.17) is 0 Å². The Labute approximate surface area is 89.1 Å². The second-order valence-electron chi connectivity index (χ2n) is 5.14. The van der Waals surface area contributed by atoms with Crippen molar-refractivity contribution in [2.45, 2.75) is 39.7 Å². The smallest absolute Gasteiger partial charge is 0.0114 e. The third kappa shape index (κ3) is 3.58. The quantitative estimate of drug-likeness (QED) is 0.743. The topological polar surface area (TPSA) is 15.3 Å². The number of rotatable bonds is 4. The molecule has 0 aliphatic carbocycles. The Kier molecular flexibility index (Phi) is 4.90. The summed E-state index contributed by atoms with van der Waals surface area (Å²) in [5.41, 5.74) is 0. The van der Waals surface area contributed by atoms with E-state index >= 15 is 0 Å². The highest BCUT2D eigenvalue weighted by Gasteiger charge is 2.24. The van der Waals surface area contributed by atoms with Crippen LogP contribution in [0, 0.1) is 11.8 Å². The summed E-state index contributed by atoms with van der Waals surface area (Å²) in [6, 6.07) is 0.741. The summed E-state index contributed by atoms with van der Waals surface area (Å²) < 4.78 is 0. The zero-order valence-electron chi connectivity index (χ0n) is 10.2. The molecule has 0 amide bonds. The van der Waals surface area contributed by atoms with E-state index in [2.05, 4.69) is 38.0 Å². The maximum absolute atomic E-state index is 3.41. The first-order valence-corrected chi connectivity index (χ1v) is 6.03. The molecule has 0 aromatic carbocycles. The van der Waals surface area contributed by atoms with Gasteiger partial charge in [-0.2, -0.15) is 0 Å². The summed E-state index contributed by atoms with van der Waals surface area (Å²) >= 11 is 0. The van der Waals surface area contributed by atoms with E-state index in [9.17, 15) is 0 Å². The molecular formula is C12H26N2. The van der Waals surface area contributed by atoms with E-state index in [1.165, 1.54) is 32.5 Å². The van der Waals surface area contributed by atoms with Gasteiger partial charge in [0.2, 0.25) is 0 Å². The van der Waals surface area contributed by atoms with Crippen molar-refractivity contribution in [2.75, 3.05) is 26.7 Å². The SMILES string of the molecule is CNC1CCN(CCC(C)C)CC1C. The van der Waals surface area contributed by atoms with Gasteiger partial charge in [0.25, 0.3) is 0 Å². The highest BCUT2D eigenvalue weighted by Crippen LogP contribution is 2.17. The number of hydrogen-bond acceptors (Lipinski definition) is 2.